The molecule has 0 N–H and O–H groups in total. The van der Waals surface area contributed by atoms with Gasteiger partial charge < -0.3 is 4.57 Å². The zero-order chi connectivity index (χ0) is 21.1. The number of fused-ring (bicyclic) bond motifs is 6. The lowest BCUT2D eigenvalue weighted by molar-refractivity contribution is 0.916. The Morgan fingerprint density at radius 2 is 1.61 bits per heavy atom. The molecule has 0 radical (unpaired) electrons. The number of para-hydroxylation sites is 4. The second kappa shape index (κ2) is 6.47. The van der Waals surface area contributed by atoms with E-state index in [4.69, 9.17) is 4.98 Å². The van der Waals surface area contributed by atoms with Crippen LogP contribution in [-0.2, 0) is 7.05 Å². The van der Waals surface area contributed by atoms with Crippen LogP contribution < -0.4 is 0 Å². The van der Waals surface area contributed by atoms with E-state index in [1.165, 1.54) is 22.2 Å². The van der Waals surface area contributed by atoms with Gasteiger partial charge in [-0.3, -0.25) is 8.97 Å². The van der Waals surface area contributed by atoms with Gasteiger partial charge in [0.1, 0.15) is 0 Å². The van der Waals surface area contributed by atoms with Crippen LogP contribution in [0, 0.1) is 6.92 Å². The first-order valence-electron chi connectivity index (χ1n) is 10.4. The lowest BCUT2D eigenvalue weighted by atomic mass is 10.1. The fourth-order valence-corrected chi connectivity index (χ4v) is 4.71. The van der Waals surface area contributed by atoms with Gasteiger partial charge in [0.15, 0.2) is 0 Å². The van der Waals surface area contributed by atoms with Crippen LogP contribution in [0.2, 0.25) is 0 Å². The summed E-state index contributed by atoms with van der Waals surface area (Å²) in [6.07, 6.45) is 5.96. The minimum absolute atomic E-state index is 0.928. The molecule has 0 saturated carbocycles. The van der Waals surface area contributed by atoms with Crippen molar-refractivity contribution < 1.29 is 0 Å². The van der Waals surface area contributed by atoms with Gasteiger partial charge in [0.25, 0.3) is 0 Å². The second-order valence-electron chi connectivity index (χ2n) is 7.91. The third-order valence-electron chi connectivity index (χ3n) is 6.29. The third kappa shape index (κ3) is 2.39. The van der Waals surface area contributed by atoms with Crippen molar-refractivity contribution in [1.29, 1.82) is 0 Å². The summed E-state index contributed by atoms with van der Waals surface area (Å²) in [7, 11) is 2.12. The van der Waals surface area contributed by atoms with E-state index in [9.17, 15) is 0 Å². The summed E-state index contributed by atoms with van der Waals surface area (Å²) < 4.78 is 6.76. The number of hydrogen-bond acceptors (Lipinski definition) is 1. The quantitative estimate of drug-likeness (QED) is 0.313. The molecular formula is C27H22N4. The van der Waals surface area contributed by atoms with Gasteiger partial charge in [-0.25, -0.2) is 4.98 Å². The smallest absolute Gasteiger partial charge is 0.220 e. The van der Waals surface area contributed by atoms with E-state index < -0.39 is 0 Å². The van der Waals surface area contributed by atoms with Gasteiger partial charge in [-0.2, -0.15) is 0 Å². The molecule has 0 aliphatic heterocycles. The minimum Gasteiger partial charge on any atom is -0.347 e. The molecule has 0 unspecified atom stereocenters. The summed E-state index contributed by atoms with van der Waals surface area (Å²) in [5.74, 6) is 0.928. The second-order valence-corrected chi connectivity index (χ2v) is 7.91. The number of aromatic nitrogens is 4. The predicted molar refractivity (Wildman–Crippen MR) is 130 cm³/mol. The maximum atomic E-state index is 5.00. The van der Waals surface area contributed by atoms with E-state index >= 15 is 0 Å². The molecular weight excluding hydrogens is 380 g/mol. The molecule has 3 aromatic heterocycles. The maximum Gasteiger partial charge on any atom is 0.220 e. The standard InChI is InChI=1S/C27H22N4/c1-4-5-10-20-18(2)29(3)23-16-15-19(17-21(20)23)30-25-13-8-9-14-26(25)31-24-12-7-6-11-22(24)28-27(30)31/h4-17H,1H2,2-3H3/b10-5-. The molecule has 4 nitrogen and oxygen atoms in total. The van der Waals surface area contributed by atoms with Crippen molar-refractivity contribution in [2.45, 2.75) is 6.92 Å². The van der Waals surface area contributed by atoms with Crippen LogP contribution in [0.25, 0.3) is 50.5 Å². The Bertz CT molecular complexity index is 1670. The SMILES string of the molecule is C=C/C=C\c1c(C)n(C)c2ccc(-n3c4ccccc4n4c5ccccc5nc34)cc12. The first-order valence-corrected chi connectivity index (χ1v) is 10.4. The number of rotatable bonds is 3. The van der Waals surface area contributed by atoms with Gasteiger partial charge in [0.2, 0.25) is 5.78 Å². The summed E-state index contributed by atoms with van der Waals surface area (Å²) in [6.45, 7) is 5.99. The number of aryl methyl sites for hydroxylation is 1. The molecule has 4 heteroatoms. The average molecular weight is 403 g/mol. The molecule has 0 amide bonds. The van der Waals surface area contributed by atoms with Crippen LogP contribution in [0.3, 0.4) is 0 Å². The normalized spacial score (nSPS) is 12.2. The van der Waals surface area contributed by atoms with Crippen LogP contribution in [0.1, 0.15) is 11.3 Å². The van der Waals surface area contributed by atoms with E-state index in [0.29, 0.717) is 0 Å². The van der Waals surface area contributed by atoms with Crippen LogP contribution in [0.15, 0.2) is 85.5 Å². The molecule has 0 aliphatic rings. The Balaban J connectivity index is 1.73. The highest BCUT2D eigenvalue weighted by Gasteiger charge is 2.18. The summed E-state index contributed by atoms with van der Waals surface area (Å²) in [5, 5.41) is 1.22. The molecule has 0 spiro atoms. The highest BCUT2D eigenvalue weighted by Crippen LogP contribution is 2.32. The van der Waals surface area contributed by atoms with Crippen LogP contribution in [-0.4, -0.2) is 18.5 Å². The number of benzene rings is 3. The first-order chi connectivity index (χ1) is 15.2. The van der Waals surface area contributed by atoms with Gasteiger partial charge in [-0.15, -0.1) is 0 Å². The van der Waals surface area contributed by atoms with E-state index in [2.05, 4.69) is 101 Å². The maximum absolute atomic E-state index is 5.00. The van der Waals surface area contributed by atoms with E-state index in [1.54, 1.807) is 0 Å². The Morgan fingerprint density at radius 1 is 0.871 bits per heavy atom. The molecule has 0 saturated heterocycles. The summed E-state index contributed by atoms with van der Waals surface area (Å²) in [5.41, 5.74) is 9.20. The van der Waals surface area contributed by atoms with Crippen LogP contribution in [0.4, 0.5) is 0 Å². The molecule has 0 atom stereocenters. The van der Waals surface area contributed by atoms with Gasteiger partial charge in [0.05, 0.1) is 22.1 Å². The van der Waals surface area contributed by atoms with Crippen molar-refractivity contribution in [1.82, 2.24) is 18.5 Å². The lowest BCUT2D eigenvalue weighted by Gasteiger charge is -2.06. The topological polar surface area (TPSA) is 27.2 Å². The molecule has 6 aromatic rings. The van der Waals surface area contributed by atoms with Crippen LogP contribution in [0.5, 0.6) is 0 Å². The Kier molecular flexibility index (Phi) is 3.71. The molecule has 3 aromatic carbocycles. The summed E-state index contributed by atoms with van der Waals surface area (Å²) in [4.78, 5) is 5.00. The molecule has 3 heterocycles. The van der Waals surface area contributed by atoms with Crippen molar-refractivity contribution in [2.24, 2.45) is 7.05 Å². The van der Waals surface area contributed by atoms with E-state index in [-0.39, 0.29) is 0 Å². The number of allylic oxidation sites excluding steroid dienone is 2. The predicted octanol–water partition coefficient (Wildman–Crippen LogP) is 6.43. The molecule has 150 valence electrons. The summed E-state index contributed by atoms with van der Waals surface area (Å²) >= 11 is 0. The van der Waals surface area contributed by atoms with Crippen molar-refractivity contribution in [2.75, 3.05) is 0 Å². The zero-order valence-corrected chi connectivity index (χ0v) is 17.6. The van der Waals surface area contributed by atoms with Gasteiger partial charge >= 0.3 is 0 Å². The van der Waals surface area contributed by atoms with Gasteiger partial charge in [0, 0.05) is 34.9 Å². The largest absolute Gasteiger partial charge is 0.347 e. The van der Waals surface area contributed by atoms with Crippen LogP contribution >= 0.6 is 0 Å². The number of imidazole rings is 2. The molecule has 31 heavy (non-hydrogen) atoms. The Labute approximate surface area is 180 Å². The highest BCUT2D eigenvalue weighted by atomic mass is 15.2. The Morgan fingerprint density at radius 3 is 2.42 bits per heavy atom. The molecule has 0 fully saturated rings. The highest BCUT2D eigenvalue weighted by molar-refractivity contribution is 5.95. The monoisotopic (exact) mass is 402 g/mol. The summed E-state index contributed by atoms with van der Waals surface area (Å²) in [6, 6.07) is 23.5. The number of hydrogen-bond donors (Lipinski definition) is 0. The van der Waals surface area contributed by atoms with E-state index in [1.807, 2.05) is 18.2 Å². The average Bonchev–Trinajstić information content (AvgIpc) is 3.40. The molecule has 0 aliphatic carbocycles. The fourth-order valence-electron chi connectivity index (χ4n) is 4.71. The van der Waals surface area contributed by atoms with Crippen molar-refractivity contribution in [3.63, 3.8) is 0 Å². The van der Waals surface area contributed by atoms with Gasteiger partial charge in [-0.05, 0) is 49.4 Å². The minimum atomic E-state index is 0.928. The number of nitrogens with zero attached hydrogens (tertiary/aromatic N) is 4. The Hall–Kier alpha value is -4.05. The molecule has 6 rings (SSSR count). The first kappa shape index (κ1) is 17.8. The van der Waals surface area contributed by atoms with Crippen molar-refractivity contribution in [3.8, 4) is 5.69 Å². The van der Waals surface area contributed by atoms with Crippen molar-refractivity contribution in [3.05, 3.63) is 96.7 Å². The fraction of sp³-hybridized carbons (Fsp3) is 0.0741. The van der Waals surface area contributed by atoms with Gasteiger partial charge in [-0.1, -0.05) is 49.1 Å². The molecule has 0 bridgehead atoms. The van der Waals surface area contributed by atoms with Crippen molar-refractivity contribution >= 4 is 44.8 Å². The zero-order valence-electron chi connectivity index (χ0n) is 17.6. The van der Waals surface area contributed by atoms with E-state index in [0.717, 1.165) is 33.5 Å². The third-order valence-corrected chi connectivity index (χ3v) is 6.29. The lowest BCUT2D eigenvalue weighted by Crippen LogP contribution is -1.95.